The van der Waals surface area contributed by atoms with E-state index < -0.39 is 28.8 Å². The quantitative estimate of drug-likeness (QED) is 0.363. The Labute approximate surface area is 160 Å². The maximum absolute atomic E-state index is 12.5. The highest BCUT2D eigenvalue weighted by molar-refractivity contribution is 7.71. The molecule has 0 aliphatic rings. The Hall–Kier alpha value is -3.49. The predicted molar refractivity (Wildman–Crippen MR) is 99.9 cm³/mol. The van der Waals surface area contributed by atoms with Crippen molar-refractivity contribution in [2.75, 3.05) is 0 Å². The zero-order valence-corrected chi connectivity index (χ0v) is 15.0. The van der Waals surface area contributed by atoms with Crippen LogP contribution in [0.5, 0.6) is 11.8 Å². The van der Waals surface area contributed by atoms with E-state index in [1.54, 1.807) is 0 Å². The summed E-state index contributed by atoms with van der Waals surface area (Å²) in [5, 5.41) is 29.5. The van der Waals surface area contributed by atoms with Crippen molar-refractivity contribution in [3.05, 3.63) is 76.8 Å². The number of hydrogen-bond acceptors (Lipinski definition) is 7. The number of aromatic amines is 4. The number of benzene rings is 1. The van der Waals surface area contributed by atoms with Crippen molar-refractivity contribution < 1.29 is 10.2 Å². The summed E-state index contributed by atoms with van der Waals surface area (Å²) in [4.78, 5) is 34.5. The lowest BCUT2D eigenvalue weighted by Crippen LogP contribution is -2.25. The average molecular weight is 401 g/mol. The molecule has 0 spiro atoms. The molecule has 0 amide bonds. The van der Waals surface area contributed by atoms with Gasteiger partial charge in [-0.15, -0.1) is 0 Å². The molecule has 0 aliphatic heterocycles. The van der Waals surface area contributed by atoms with E-state index in [0.29, 0.717) is 11.1 Å². The summed E-state index contributed by atoms with van der Waals surface area (Å²) >= 11 is 9.65. The second-order valence-corrected chi connectivity index (χ2v) is 6.32. The van der Waals surface area contributed by atoms with E-state index in [0.717, 1.165) is 0 Å². The van der Waals surface area contributed by atoms with Crippen LogP contribution in [0.25, 0.3) is 0 Å². The monoisotopic (exact) mass is 401 g/mol. The molecule has 0 saturated carbocycles. The summed E-state index contributed by atoms with van der Waals surface area (Å²) in [5.41, 5.74) is -1.24. The molecule has 1 aromatic carbocycles. The molecule has 0 aliphatic carbocycles. The van der Waals surface area contributed by atoms with Crippen LogP contribution in [0.3, 0.4) is 0 Å². The molecule has 11 heteroatoms. The van der Waals surface area contributed by atoms with Crippen molar-refractivity contribution in [1.82, 2.24) is 19.9 Å². The Morgan fingerprint density at radius 3 is 1.67 bits per heavy atom. The Kier molecular flexibility index (Phi) is 4.76. The zero-order chi connectivity index (χ0) is 19.7. The number of H-pyrrole nitrogens is 4. The van der Waals surface area contributed by atoms with Crippen molar-refractivity contribution in [1.29, 1.82) is 5.26 Å². The fourth-order valence-corrected chi connectivity index (χ4v) is 3.11. The molecule has 9 nitrogen and oxygen atoms in total. The zero-order valence-electron chi connectivity index (χ0n) is 13.4. The minimum atomic E-state index is -1.18. The van der Waals surface area contributed by atoms with Gasteiger partial charge in [0, 0.05) is 0 Å². The van der Waals surface area contributed by atoms with E-state index in [2.05, 4.69) is 19.9 Å². The minimum absolute atomic E-state index is 0.106. The standard InChI is InChI=1S/C16H11N5O4S2/c17-5-6-1-3-7(4-2-6)8(9-11(22)18-15(26)19-12(9)23)10-13(24)20-16(27)21-14(10)25/h1-4,8H,(H3,18,19,22,23,26)(H3,20,21,24,25,27). The van der Waals surface area contributed by atoms with Gasteiger partial charge in [-0.25, -0.2) is 0 Å². The van der Waals surface area contributed by atoms with Crippen LogP contribution in [-0.4, -0.2) is 30.1 Å². The van der Waals surface area contributed by atoms with Crippen LogP contribution in [0.1, 0.15) is 28.2 Å². The Bertz CT molecular complexity index is 1220. The van der Waals surface area contributed by atoms with Crippen LogP contribution >= 0.6 is 24.4 Å². The van der Waals surface area contributed by atoms with E-state index in [4.69, 9.17) is 29.7 Å². The highest BCUT2D eigenvalue weighted by Gasteiger charge is 2.29. The number of rotatable bonds is 3. The van der Waals surface area contributed by atoms with Gasteiger partial charge in [0.2, 0.25) is 0 Å². The third-order valence-electron chi connectivity index (χ3n) is 3.87. The third kappa shape index (κ3) is 3.43. The summed E-state index contributed by atoms with van der Waals surface area (Å²) < 4.78 is -0.212. The number of aromatic hydroxyl groups is 2. The Morgan fingerprint density at radius 1 is 0.852 bits per heavy atom. The molecule has 27 heavy (non-hydrogen) atoms. The van der Waals surface area contributed by atoms with Crippen LogP contribution in [0.2, 0.25) is 0 Å². The summed E-state index contributed by atoms with van der Waals surface area (Å²) in [6.45, 7) is 0. The van der Waals surface area contributed by atoms with E-state index in [1.165, 1.54) is 24.3 Å². The Morgan fingerprint density at radius 2 is 1.30 bits per heavy atom. The van der Waals surface area contributed by atoms with Crippen molar-refractivity contribution in [3.8, 4) is 17.8 Å². The highest BCUT2D eigenvalue weighted by Crippen LogP contribution is 2.35. The summed E-state index contributed by atoms with van der Waals surface area (Å²) in [5.74, 6) is -2.29. The van der Waals surface area contributed by atoms with Crippen LogP contribution in [-0.2, 0) is 0 Å². The second kappa shape index (κ2) is 7.02. The molecule has 0 bridgehead atoms. The molecule has 0 unspecified atom stereocenters. The molecular weight excluding hydrogens is 390 g/mol. The van der Waals surface area contributed by atoms with Gasteiger partial charge in [0.25, 0.3) is 11.1 Å². The van der Waals surface area contributed by atoms with Gasteiger partial charge in [0.05, 0.1) is 28.7 Å². The van der Waals surface area contributed by atoms with Crippen molar-refractivity contribution >= 4 is 24.4 Å². The Balaban J connectivity index is 2.40. The topological polar surface area (TPSA) is 162 Å². The normalized spacial score (nSPS) is 10.7. The van der Waals surface area contributed by atoms with Gasteiger partial charge in [-0.05, 0) is 42.1 Å². The molecule has 2 heterocycles. The predicted octanol–water partition coefficient (Wildman–Crippen LogP) is 1.64. The SMILES string of the molecule is N#Cc1ccc(C(c2c(O)[nH]c(=S)[nH]c2=O)c2c(O)[nH]c(=S)[nH]c2=O)cc1. The second-order valence-electron chi connectivity index (χ2n) is 5.51. The molecule has 0 atom stereocenters. The molecule has 3 rings (SSSR count). The molecule has 0 fully saturated rings. The first-order chi connectivity index (χ1) is 12.8. The van der Waals surface area contributed by atoms with E-state index in [1.807, 2.05) is 6.07 Å². The molecule has 3 aromatic rings. The van der Waals surface area contributed by atoms with Gasteiger partial charge in [-0.2, -0.15) is 5.26 Å². The lowest BCUT2D eigenvalue weighted by atomic mass is 9.86. The van der Waals surface area contributed by atoms with E-state index in [-0.39, 0.29) is 20.7 Å². The first-order valence-corrected chi connectivity index (χ1v) is 8.24. The van der Waals surface area contributed by atoms with Gasteiger partial charge in [0.1, 0.15) is 0 Å². The summed E-state index contributed by atoms with van der Waals surface area (Å²) in [6, 6.07) is 7.93. The van der Waals surface area contributed by atoms with Crippen molar-refractivity contribution in [2.24, 2.45) is 0 Å². The van der Waals surface area contributed by atoms with Crippen LogP contribution < -0.4 is 11.1 Å². The first kappa shape index (κ1) is 18.3. The molecule has 136 valence electrons. The summed E-state index contributed by atoms with van der Waals surface area (Å²) in [6.07, 6.45) is 0. The molecule has 0 radical (unpaired) electrons. The number of nitriles is 1. The fourth-order valence-electron chi connectivity index (χ4n) is 2.73. The number of nitrogens with one attached hydrogen (secondary N) is 4. The van der Waals surface area contributed by atoms with Gasteiger partial charge in [-0.1, -0.05) is 12.1 Å². The van der Waals surface area contributed by atoms with Gasteiger partial charge in [0.15, 0.2) is 21.3 Å². The molecule has 2 aromatic heterocycles. The largest absolute Gasteiger partial charge is 0.494 e. The smallest absolute Gasteiger partial charge is 0.259 e. The molecule has 6 N–H and O–H groups in total. The number of hydrogen-bond donors (Lipinski definition) is 6. The lowest BCUT2D eigenvalue weighted by Gasteiger charge is -2.18. The number of aromatic nitrogens is 4. The van der Waals surface area contributed by atoms with E-state index in [9.17, 15) is 19.8 Å². The third-order valence-corrected chi connectivity index (χ3v) is 4.28. The van der Waals surface area contributed by atoms with Crippen LogP contribution in [0, 0.1) is 20.9 Å². The molecule has 0 saturated heterocycles. The van der Waals surface area contributed by atoms with Gasteiger partial charge >= 0.3 is 0 Å². The maximum atomic E-state index is 12.5. The van der Waals surface area contributed by atoms with Crippen LogP contribution in [0.4, 0.5) is 0 Å². The lowest BCUT2D eigenvalue weighted by molar-refractivity contribution is 0.431. The van der Waals surface area contributed by atoms with Crippen molar-refractivity contribution in [3.63, 3.8) is 0 Å². The van der Waals surface area contributed by atoms with Gasteiger partial charge in [-0.3, -0.25) is 19.6 Å². The molecular formula is C16H11N5O4S2. The first-order valence-electron chi connectivity index (χ1n) is 7.42. The maximum Gasteiger partial charge on any atom is 0.259 e. The fraction of sp³-hybridized carbons (Fsp3) is 0.0625. The van der Waals surface area contributed by atoms with Gasteiger partial charge < -0.3 is 20.2 Å². The van der Waals surface area contributed by atoms with E-state index >= 15 is 0 Å². The van der Waals surface area contributed by atoms with Crippen molar-refractivity contribution in [2.45, 2.75) is 5.92 Å². The van der Waals surface area contributed by atoms with Crippen LogP contribution in [0.15, 0.2) is 33.9 Å². The highest BCUT2D eigenvalue weighted by atomic mass is 32.1. The summed E-state index contributed by atoms with van der Waals surface area (Å²) in [7, 11) is 0. The minimum Gasteiger partial charge on any atom is -0.494 e. The number of nitrogens with zero attached hydrogens (tertiary/aromatic N) is 1. The average Bonchev–Trinajstić information content (AvgIpc) is 2.59.